The van der Waals surface area contributed by atoms with Crippen LogP contribution in [0.15, 0.2) is 0 Å². The number of hydrogen-bond acceptors (Lipinski definition) is 3. The van der Waals surface area contributed by atoms with E-state index in [-0.39, 0.29) is 11.5 Å². The third kappa shape index (κ3) is 1.56. The molecule has 0 aliphatic carbocycles. The van der Waals surface area contributed by atoms with Gasteiger partial charge in [-0.2, -0.15) is 0 Å². The number of ether oxygens (including phenoxy) is 1. The molecule has 2 aliphatic rings. The summed E-state index contributed by atoms with van der Waals surface area (Å²) in [7, 11) is 1.52. The molecule has 2 heterocycles. The second-order valence-corrected chi connectivity index (χ2v) is 5.31. The lowest BCUT2D eigenvalue weighted by atomic mass is 9.86. The number of rotatable bonds is 3. The van der Waals surface area contributed by atoms with Crippen molar-refractivity contribution < 1.29 is 9.53 Å². The van der Waals surface area contributed by atoms with Crippen LogP contribution in [-0.4, -0.2) is 36.1 Å². The van der Waals surface area contributed by atoms with E-state index < -0.39 is 0 Å². The predicted molar refractivity (Wildman–Crippen MR) is 63.2 cm³/mol. The van der Waals surface area contributed by atoms with Crippen LogP contribution in [-0.2, 0) is 9.53 Å². The maximum absolute atomic E-state index is 12.0. The molecule has 0 amide bonds. The molecule has 0 aromatic carbocycles. The zero-order valence-electron chi connectivity index (χ0n) is 10.7. The van der Waals surface area contributed by atoms with Gasteiger partial charge in [0.2, 0.25) is 0 Å². The molecule has 2 fully saturated rings. The average molecular weight is 225 g/mol. The highest BCUT2D eigenvalue weighted by molar-refractivity contribution is 5.81. The largest absolute Gasteiger partial charge is 0.468 e. The summed E-state index contributed by atoms with van der Waals surface area (Å²) >= 11 is 0. The first kappa shape index (κ1) is 11.9. The van der Waals surface area contributed by atoms with E-state index in [1.54, 1.807) is 0 Å². The maximum Gasteiger partial charge on any atom is 0.326 e. The van der Waals surface area contributed by atoms with Crippen LogP contribution in [0.4, 0.5) is 0 Å². The monoisotopic (exact) mass is 225 g/mol. The van der Waals surface area contributed by atoms with Crippen LogP contribution in [0.2, 0.25) is 0 Å². The van der Waals surface area contributed by atoms with E-state index in [1.165, 1.54) is 20.0 Å². The normalized spacial score (nSPS) is 38.7. The van der Waals surface area contributed by atoms with Crippen molar-refractivity contribution >= 4 is 5.97 Å². The summed E-state index contributed by atoms with van der Waals surface area (Å²) in [5, 5.41) is 0. The summed E-state index contributed by atoms with van der Waals surface area (Å²) in [6.45, 7) is 5.56. The summed E-state index contributed by atoms with van der Waals surface area (Å²) in [5.41, 5.74) is -0.270. The number of carbonyl (C=O) groups excluding carboxylic acids is 1. The highest BCUT2D eigenvalue weighted by Crippen LogP contribution is 2.47. The first-order chi connectivity index (χ1) is 7.65. The Morgan fingerprint density at radius 3 is 2.94 bits per heavy atom. The molecule has 16 heavy (non-hydrogen) atoms. The van der Waals surface area contributed by atoms with Crippen molar-refractivity contribution in [1.82, 2.24) is 4.90 Å². The topological polar surface area (TPSA) is 29.5 Å². The van der Waals surface area contributed by atoms with Crippen LogP contribution in [0.3, 0.4) is 0 Å². The smallest absolute Gasteiger partial charge is 0.326 e. The van der Waals surface area contributed by atoms with E-state index >= 15 is 0 Å². The van der Waals surface area contributed by atoms with Gasteiger partial charge in [-0.1, -0.05) is 13.3 Å². The lowest BCUT2D eigenvalue weighted by Crippen LogP contribution is -2.48. The fraction of sp³-hybridized carbons (Fsp3) is 0.923. The van der Waals surface area contributed by atoms with Gasteiger partial charge in [0.05, 0.1) is 7.11 Å². The lowest BCUT2D eigenvalue weighted by molar-refractivity contribution is -0.152. The Kier molecular flexibility index (Phi) is 3.24. The quantitative estimate of drug-likeness (QED) is 0.690. The Balaban J connectivity index is 2.20. The van der Waals surface area contributed by atoms with Crippen molar-refractivity contribution in [1.29, 1.82) is 0 Å². The minimum atomic E-state index is -0.270. The molecule has 3 atom stereocenters. The highest BCUT2D eigenvalue weighted by atomic mass is 16.5. The molecular weight excluding hydrogens is 202 g/mol. The van der Waals surface area contributed by atoms with Crippen LogP contribution in [0.5, 0.6) is 0 Å². The second kappa shape index (κ2) is 4.36. The van der Waals surface area contributed by atoms with Crippen LogP contribution in [0, 0.1) is 5.92 Å². The van der Waals surface area contributed by atoms with Gasteiger partial charge in [0.1, 0.15) is 5.54 Å². The van der Waals surface area contributed by atoms with Crippen molar-refractivity contribution in [2.45, 2.75) is 57.5 Å². The van der Waals surface area contributed by atoms with Crippen LogP contribution in [0.1, 0.15) is 46.0 Å². The summed E-state index contributed by atoms with van der Waals surface area (Å²) in [6.07, 6.45) is 5.58. The molecule has 0 unspecified atom stereocenters. The van der Waals surface area contributed by atoms with Gasteiger partial charge >= 0.3 is 5.97 Å². The van der Waals surface area contributed by atoms with E-state index in [1.807, 2.05) is 0 Å². The molecule has 0 saturated carbocycles. The van der Waals surface area contributed by atoms with E-state index in [0.717, 1.165) is 25.8 Å². The van der Waals surface area contributed by atoms with Crippen LogP contribution in [0.25, 0.3) is 0 Å². The molecule has 0 aromatic rings. The molecule has 2 rings (SSSR count). The Morgan fingerprint density at radius 2 is 2.31 bits per heavy atom. The van der Waals surface area contributed by atoms with E-state index in [4.69, 9.17) is 4.74 Å². The molecule has 92 valence electrons. The van der Waals surface area contributed by atoms with E-state index in [9.17, 15) is 4.79 Å². The molecule has 0 N–H and O–H groups in total. The third-order valence-electron chi connectivity index (χ3n) is 4.54. The van der Waals surface area contributed by atoms with Gasteiger partial charge in [-0.15, -0.1) is 0 Å². The van der Waals surface area contributed by atoms with Crippen LogP contribution >= 0.6 is 0 Å². The first-order valence-electron chi connectivity index (χ1n) is 6.51. The summed E-state index contributed by atoms with van der Waals surface area (Å²) in [6, 6.07) is 0.543. The minimum Gasteiger partial charge on any atom is -0.468 e. The van der Waals surface area contributed by atoms with Gasteiger partial charge in [-0.25, -0.2) is 0 Å². The average Bonchev–Trinajstić information content (AvgIpc) is 2.80. The van der Waals surface area contributed by atoms with Gasteiger partial charge in [0.25, 0.3) is 0 Å². The molecule has 0 spiro atoms. The van der Waals surface area contributed by atoms with Gasteiger partial charge in [0.15, 0.2) is 0 Å². The zero-order valence-corrected chi connectivity index (χ0v) is 10.7. The number of hydrogen-bond donors (Lipinski definition) is 0. The minimum absolute atomic E-state index is 0.00421. The lowest BCUT2D eigenvalue weighted by Gasteiger charge is -2.31. The summed E-state index contributed by atoms with van der Waals surface area (Å²) < 4.78 is 5.03. The van der Waals surface area contributed by atoms with Crippen molar-refractivity contribution in [2.24, 2.45) is 5.92 Å². The molecule has 3 nitrogen and oxygen atoms in total. The summed E-state index contributed by atoms with van der Waals surface area (Å²) in [5.74, 6) is 0.667. The van der Waals surface area contributed by atoms with Gasteiger partial charge < -0.3 is 4.74 Å². The number of fused-ring (bicyclic) bond motifs is 1. The SMILES string of the molecule is CCC[C@H]1C[C@@]2(C(=O)OC)CCCN2[C@H]1C. The Morgan fingerprint density at radius 1 is 1.56 bits per heavy atom. The molecule has 3 heteroatoms. The molecular formula is C13H23NO2. The standard InChI is InChI=1S/C13H23NO2/c1-4-6-11-9-13(12(15)16-3)7-5-8-14(13)10(11)2/h10-11H,4-9H2,1-3H3/t10-,11-,13+/m0/s1. The zero-order chi connectivity index (χ0) is 11.8. The van der Waals surface area contributed by atoms with Crippen molar-refractivity contribution in [3.8, 4) is 0 Å². The van der Waals surface area contributed by atoms with Gasteiger partial charge in [0, 0.05) is 6.04 Å². The molecule has 2 aliphatic heterocycles. The molecule has 0 radical (unpaired) electrons. The number of nitrogens with zero attached hydrogens (tertiary/aromatic N) is 1. The van der Waals surface area contributed by atoms with Crippen molar-refractivity contribution in [2.75, 3.05) is 13.7 Å². The Labute approximate surface area is 98.1 Å². The Bertz CT molecular complexity index is 279. The van der Waals surface area contributed by atoms with Crippen molar-refractivity contribution in [3.63, 3.8) is 0 Å². The molecule has 0 aromatic heterocycles. The number of esters is 1. The third-order valence-corrected chi connectivity index (χ3v) is 4.54. The first-order valence-corrected chi connectivity index (χ1v) is 6.51. The number of methoxy groups -OCH3 is 1. The van der Waals surface area contributed by atoms with Crippen LogP contribution < -0.4 is 0 Å². The fourth-order valence-electron chi connectivity index (χ4n) is 3.78. The molecule has 2 saturated heterocycles. The maximum atomic E-state index is 12.0. The number of carbonyl (C=O) groups is 1. The van der Waals surface area contributed by atoms with Gasteiger partial charge in [-0.3, -0.25) is 9.69 Å². The second-order valence-electron chi connectivity index (χ2n) is 5.31. The van der Waals surface area contributed by atoms with E-state index in [0.29, 0.717) is 12.0 Å². The molecule has 0 bridgehead atoms. The highest BCUT2D eigenvalue weighted by Gasteiger charge is 2.57. The Hall–Kier alpha value is -0.570. The van der Waals surface area contributed by atoms with E-state index in [2.05, 4.69) is 18.7 Å². The predicted octanol–water partition coefficient (Wildman–Crippen LogP) is 2.20. The fourth-order valence-corrected chi connectivity index (χ4v) is 3.78. The van der Waals surface area contributed by atoms with Gasteiger partial charge in [-0.05, 0) is 45.1 Å². The summed E-state index contributed by atoms with van der Waals surface area (Å²) in [4.78, 5) is 14.5. The van der Waals surface area contributed by atoms with Crippen molar-refractivity contribution in [3.05, 3.63) is 0 Å².